The van der Waals surface area contributed by atoms with E-state index in [1.54, 1.807) is 37.3 Å². The summed E-state index contributed by atoms with van der Waals surface area (Å²) < 4.78 is 22.4. The maximum Gasteiger partial charge on any atom is 0.277 e. The molecule has 0 saturated heterocycles. The molecule has 8 nitrogen and oxygen atoms in total. The topological polar surface area (TPSA) is 86.9 Å². The number of benzene rings is 3. The summed E-state index contributed by atoms with van der Waals surface area (Å²) in [5.41, 5.74) is 2.42. The summed E-state index contributed by atoms with van der Waals surface area (Å²) in [5.74, 6) is 2.27. The van der Waals surface area contributed by atoms with Crippen molar-refractivity contribution >= 4 is 23.4 Å². The van der Waals surface area contributed by atoms with Crippen molar-refractivity contribution in [3.8, 4) is 28.7 Å². The molecule has 1 atom stereocenters. The third kappa shape index (κ3) is 4.81. The third-order valence-corrected chi connectivity index (χ3v) is 6.41. The molecule has 0 saturated carbocycles. The second-order valence-corrected chi connectivity index (χ2v) is 8.66. The minimum atomic E-state index is -0.235. The zero-order valence-corrected chi connectivity index (χ0v) is 20.0. The lowest BCUT2D eigenvalue weighted by molar-refractivity contribution is -0.117. The van der Waals surface area contributed by atoms with Crippen LogP contribution in [0.1, 0.15) is 11.6 Å². The van der Waals surface area contributed by atoms with Crippen molar-refractivity contribution in [1.82, 2.24) is 10.2 Å². The minimum absolute atomic E-state index is 0.0811. The molecule has 2 heterocycles. The number of fused-ring (bicyclic) bond motifs is 1. The number of hydrogen-bond acceptors (Lipinski definition) is 8. The van der Waals surface area contributed by atoms with Crippen LogP contribution in [0.15, 0.2) is 82.4 Å². The lowest BCUT2D eigenvalue weighted by Crippen LogP contribution is -2.42. The Morgan fingerprint density at radius 3 is 2.46 bits per heavy atom. The quantitative estimate of drug-likeness (QED) is 0.335. The Morgan fingerprint density at radius 1 is 1.00 bits per heavy atom. The van der Waals surface area contributed by atoms with E-state index in [0.29, 0.717) is 40.5 Å². The fraction of sp³-hybridized carbons (Fsp3) is 0.192. The zero-order valence-electron chi connectivity index (χ0n) is 19.2. The standard InChI is InChI=1S/C26H23N3O5S/c1-31-19-12-18(13-20(14-19)32-2)25-27-28-26(34-25)35-16-24(30)29-21-10-6-7-11-23(21)33-15-22(29)17-8-4-3-5-9-17/h3-14,22H,15-16H2,1-2H3. The van der Waals surface area contributed by atoms with E-state index in [0.717, 1.165) is 11.3 Å². The van der Waals surface area contributed by atoms with Gasteiger partial charge >= 0.3 is 0 Å². The smallest absolute Gasteiger partial charge is 0.277 e. The molecule has 9 heteroatoms. The monoisotopic (exact) mass is 489 g/mol. The van der Waals surface area contributed by atoms with Gasteiger partial charge in [-0.05, 0) is 29.8 Å². The Morgan fingerprint density at radius 2 is 1.71 bits per heavy atom. The number of carbonyl (C=O) groups is 1. The van der Waals surface area contributed by atoms with Gasteiger partial charge in [0.2, 0.25) is 11.8 Å². The van der Waals surface area contributed by atoms with Crippen LogP contribution in [0.5, 0.6) is 17.2 Å². The van der Waals surface area contributed by atoms with E-state index in [-0.39, 0.29) is 17.7 Å². The van der Waals surface area contributed by atoms with E-state index in [9.17, 15) is 4.79 Å². The van der Waals surface area contributed by atoms with Crippen LogP contribution in [0.4, 0.5) is 5.69 Å². The molecule has 1 amide bonds. The summed E-state index contributed by atoms with van der Waals surface area (Å²) in [4.78, 5) is 15.3. The first-order valence-electron chi connectivity index (χ1n) is 10.9. The molecular weight excluding hydrogens is 466 g/mol. The van der Waals surface area contributed by atoms with Crippen molar-refractivity contribution in [2.45, 2.75) is 11.3 Å². The van der Waals surface area contributed by atoms with Gasteiger partial charge in [0.1, 0.15) is 23.9 Å². The number of anilines is 1. The van der Waals surface area contributed by atoms with Gasteiger partial charge < -0.3 is 18.6 Å². The Hall–Kier alpha value is -3.98. The van der Waals surface area contributed by atoms with Gasteiger partial charge in [0.15, 0.2) is 0 Å². The number of amides is 1. The molecule has 0 aliphatic carbocycles. The lowest BCUT2D eigenvalue weighted by Gasteiger charge is -2.37. The number of aromatic nitrogens is 2. The van der Waals surface area contributed by atoms with Crippen LogP contribution in [0.3, 0.4) is 0 Å². The molecule has 4 aromatic rings. The van der Waals surface area contributed by atoms with E-state index in [1.165, 1.54) is 11.8 Å². The lowest BCUT2D eigenvalue weighted by atomic mass is 10.0. The van der Waals surface area contributed by atoms with Crippen LogP contribution in [0.2, 0.25) is 0 Å². The first-order chi connectivity index (χ1) is 17.2. The highest BCUT2D eigenvalue weighted by Gasteiger charge is 2.33. The second kappa shape index (κ2) is 10.1. The summed E-state index contributed by atoms with van der Waals surface area (Å²) in [5, 5.41) is 8.54. The summed E-state index contributed by atoms with van der Waals surface area (Å²) in [6.07, 6.45) is 0. The van der Waals surface area contributed by atoms with Crippen LogP contribution < -0.4 is 19.1 Å². The Balaban J connectivity index is 1.35. The molecule has 1 aromatic heterocycles. The van der Waals surface area contributed by atoms with Crippen LogP contribution in [-0.4, -0.2) is 42.7 Å². The first kappa shape index (κ1) is 22.8. The average molecular weight is 490 g/mol. The largest absolute Gasteiger partial charge is 0.497 e. The molecule has 0 fully saturated rings. The number of ether oxygens (including phenoxy) is 3. The fourth-order valence-corrected chi connectivity index (χ4v) is 4.55. The number of carbonyl (C=O) groups excluding carboxylic acids is 1. The van der Waals surface area contributed by atoms with Crippen LogP contribution in [0.25, 0.3) is 11.5 Å². The summed E-state index contributed by atoms with van der Waals surface area (Å²) in [7, 11) is 3.15. The number of hydrogen-bond donors (Lipinski definition) is 0. The third-order valence-electron chi connectivity index (χ3n) is 5.61. The Kier molecular flexibility index (Phi) is 6.58. The molecule has 3 aromatic carbocycles. The Labute approximate surface area is 206 Å². The molecule has 35 heavy (non-hydrogen) atoms. The number of thioether (sulfide) groups is 1. The number of methoxy groups -OCH3 is 2. The summed E-state index contributed by atoms with van der Waals surface area (Å²) in [6.45, 7) is 0.375. The SMILES string of the molecule is COc1cc(OC)cc(-c2nnc(SCC(=O)N3c4ccccc4OCC3c3ccccc3)o2)c1. The average Bonchev–Trinajstić information content (AvgIpc) is 3.40. The van der Waals surface area contributed by atoms with Crippen LogP contribution >= 0.6 is 11.8 Å². The zero-order chi connectivity index (χ0) is 24.2. The predicted molar refractivity (Wildman–Crippen MR) is 132 cm³/mol. The molecule has 0 radical (unpaired) electrons. The van der Waals surface area contributed by atoms with Crippen molar-refractivity contribution < 1.29 is 23.4 Å². The highest BCUT2D eigenvalue weighted by atomic mass is 32.2. The minimum Gasteiger partial charge on any atom is -0.497 e. The van der Waals surface area contributed by atoms with E-state index in [4.69, 9.17) is 18.6 Å². The Bertz CT molecular complexity index is 1310. The number of rotatable bonds is 7. The molecule has 1 aliphatic rings. The fourth-order valence-electron chi connectivity index (χ4n) is 3.93. The predicted octanol–water partition coefficient (Wildman–Crippen LogP) is 5.01. The van der Waals surface area contributed by atoms with Gasteiger partial charge in [0.25, 0.3) is 5.22 Å². The van der Waals surface area contributed by atoms with Crippen molar-refractivity contribution in [2.75, 3.05) is 31.5 Å². The molecule has 178 valence electrons. The van der Waals surface area contributed by atoms with Gasteiger partial charge in [-0.3, -0.25) is 9.69 Å². The maximum absolute atomic E-state index is 13.5. The van der Waals surface area contributed by atoms with Crippen molar-refractivity contribution in [2.24, 2.45) is 0 Å². The number of para-hydroxylation sites is 2. The maximum atomic E-state index is 13.5. The van der Waals surface area contributed by atoms with Gasteiger partial charge in [0, 0.05) is 11.6 Å². The highest BCUT2D eigenvalue weighted by Crippen LogP contribution is 2.40. The van der Waals surface area contributed by atoms with E-state index >= 15 is 0 Å². The molecule has 1 aliphatic heterocycles. The van der Waals surface area contributed by atoms with Gasteiger partial charge in [-0.2, -0.15) is 0 Å². The van der Waals surface area contributed by atoms with Crippen LogP contribution in [0, 0.1) is 0 Å². The van der Waals surface area contributed by atoms with Gasteiger partial charge in [-0.15, -0.1) is 10.2 Å². The summed E-state index contributed by atoms with van der Waals surface area (Å²) in [6, 6.07) is 22.5. The van der Waals surface area contributed by atoms with E-state index in [2.05, 4.69) is 10.2 Å². The summed E-state index contributed by atoms with van der Waals surface area (Å²) >= 11 is 1.19. The van der Waals surface area contributed by atoms with Crippen molar-refractivity contribution in [1.29, 1.82) is 0 Å². The second-order valence-electron chi connectivity index (χ2n) is 7.73. The molecule has 0 spiro atoms. The molecule has 5 rings (SSSR count). The molecule has 0 N–H and O–H groups in total. The first-order valence-corrected chi connectivity index (χ1v) is 11.9. The van der Waals surface area contributed by atoms with Crippen molar-refractivity contribution in [3.63, 3.8) is 0 Å². The molecule has 0 bridgehead atoms. The van der Waals surface area contributed by atoms with Gasteiger partial charge in [0.05, 0.1) is 31.7 Å². The van der Waals surface area contributed by atoms with E-state index < -0.39 is 0 Å². The van der Waals surface area contributed by atoms with Crippen molar-refractivity contribution in [3.05, 3.63) is 78.4 Å². The normalized spacial score (nSPS) is 14.7. The number of nitrogens with zero attached hydrogens (tertiary/aromatic N) is 3. The highest BCUT2D eigenvalue weighted by molar-refractivity contribution is 7.99. The van der Waals surface area contributed by atoms with E-state index in [1.807, 2.05) is 54.6 Å². The molecule has 1 unspecified atom stereocenters. The van der Waals surface area contributed by atoms with Crippen LogP contribution in [-0.2, 0) is 4.79 Å². The van der Waals surface area contributed by atoms with Gasteiger partial charge in [-0.25, -0.2) is 0 Å². The molecular formula is C26H23N3O5S. The van der Waals surface area contributed by atoms with Gasteiger partial charge in [-0.1, -0.05) is 54.2 Å².